The second-order valence-electron chi connectivity index (χ2n) is 6.86. The van der Waals surface area contributed by atoms with Gasteiger partial charge >= 0.3 is 0 Å². The Morgan fingerprint density at radius 3 is 2.26 bits per heavy atom. The van der Waals surface area contributed by atoms with E-state index in [1.165, 1.54) is 16.7 Å². The van der Waals surface area contributed by atoms with Crippen molar-refractivity contribution in [3.05, 3.63) is 77.5 Å². The van der Waals surface area contributed by atoms with Crippen LogP contribution in [0.4, 0.5) is 11.5 Å². The van der Waals surface area contributed by atoms with E-state index in [9.17, 15) is 0 Å². The fraction of sp³-hybridized carbons (Fsp3) is 0.174. The lowest BCUT2D eigenvalue weighted by Gasteiger charge is -2.14. The Kier molecular flexibility index (Phi) is 4.32. The van der Waals surface area contributed by atoms with Gasteiger partial charge in [0.2, 0.25) is 0 Å². The number of imidazole rings is 1. The van der Waals surface area contributed by atoms with E-state index in [1.54, 1.807) is 7.11 Å². The lowest BCUT2D eigenvalue weighted by molar-refractivity contribution is 0.415. The quantitative estimate of drug-likeness (QED) is 0.511. The molecule has 0 aliphatic heterocycles. The molecule has 4 aromatic rings. The van der Waals surface area contributed by atoms with Gasteiger partial charge < -0.3 is 10.1 Å². The molecule has 0 bridgehead atoms. The summed E-state index contributed by atoms with van der Waals surface area (Å²) in [6, 6.07) is 18.5. The first-order valence-electron chi connectivity index (χ1n) is 9.03. The number of fused-ring (bicyclic) bond motifs is 1. The molecule has 0 unspecified atom stereocenters. The summed E-state index contributed by atoms with van der Waals surface area (Å²) in [5.74, 6) is 1.80. The zero-order valence-electron chi connectivity index (χ0n) is 16.1. The summed E-state index contributed by atoms with van der Waals surface area (Å²) >= 11 is 0. The fourth-order valence-corrected chi connectivity index (χ4v) is 3.35. The zero-order chi connectivity index (χ0) is 19.0. The number of hydrogen-bond acceptors (Lipinski definition) is 3. The van der Waals surface area contributed by atoms with Crippen LogP contribution in [0.3, 0.4) is 0 Å². The number of methoxy groups -OCH3 is 1. The molecular weight excluding hydrogens is 334 g/mol. The number of anilines is 2. The lowest BCUT2D eigenvalue weighted by atomic mass is 10.1. The Balaban J connectivity index is 1.92. The highest BCUT2D eigenvalue weighted by molar-refractivity contribution is 5.81. The van der Waals surface area contributed by atoms with Gasteiger partial charge in [0, 0.05) is 17.4 Å². The van der Waals surface area contributed by atoms with Gasteiger partial charge in [-0.2, -0.15) is 0 Å². The molecule has 0 spiro atoms. The molecule has 4 heteroatoms. The molecule has 0 saturated carbocycles. The van der Waals surface area contributed by atoms with Gasteiger partial charge in [-0.15, -0.1) is 0 Å². The molecule has 0 fully saturated rings. The Hall–Kier alpha value is -3.27. The summed E-state index contributed by atoms with van der Waals surface area (Å²) in [6.45, 7) is 6.34. The van der Waals surface area contributed by atoms with E-state index in [-0.39, 0.29) is 0 Å². The van der Waals surface area contributed by atoms with Crippen LogP contribution >= 0.6 is 0 Å². The van der Waals surface area contributed by atoms with E-state index in [1.807, 2.05) is 24.3 Å². The molecule has 4 nitrogen and oxygen atoms in total. The molecule has 2 aromatic carbocycles. The normalized spacial score (nSPS) is 11.0. The highest BCUT2D eigenvalue weighted by Crippen LogP contribution is 2.34. The van der Waals surface area contributed by atoms with Crippen LogP contribution in [0.15, 0.2) is 60.8 Å². The number of nitrogens with zero attached hydrogens (tertiary/aromatic N) is 2. The van der Waals surface area contributed by atoms with Gasteiger partial charge in [0.25, 0.3) is 0 Å². The Labute approximate surface area is 159 Å². The summed E-state index contributed by atoms with van der Waals surface area (Å²) in [4.78, 5) is 4.89. The number of hydrogen-bond donors (Lipinski definition) is 1. The predicted octanol–water partition coefficient (Wildman–Crippen LogP) is 5.68. The molecule has 2 heterocycles. The van der Waals surface area contributed by atoms with E-state index >= 15 is 0 Å². The first-order valence-corrected chi connectivity index (χ1v) is 9.03. The van der Waals surface area contributed by atoms with Gasteiger partial charge in [-0.05, 0) is 67.8 Å². The van der Waals surface area contributed by atoms with Gasteiger partial charge in [0.05, 0.1) is 7.11 Å². The number of pyridine rings is 1. The van der Waals surface area contributed by atoms with E-state index < -0.39 is 0 Å². The van der Waals surface area contributed by atoms with Crippen molar-refractivity contribution in [3.63, 3.8) is 0 Å². The monoisotopic (exact) mass is 357 g/mol. The van der Waals surface area contributed by atoms with Crippen molar-refractivity contribution in [2.45, 2.75) is 20.8 Å². The van der Waals surface area contributed by atoms with Crippen molar-refractivity contribution in [3.8, 4) is 17.0 Å². The van der Waals surface area contributed by atoms with E-state index in [0.717, 1.165) is 34.2 Å². The molecule has 0 atom stereocenters. The number of aromatic nitrogens is 2. The summed E-state index contributed by atoms with van der Waals surface area (Å²) in [6.07, 6.45) is 2.12. The second kappa shape index (κ2) is 6.80. The maximum atomic E-state index is 5.30. The van der Waals surface area contributed by atoms with Crippen molar-refractivity contribution in [2.24, 2.45) is 0 Å². The molecule has 136 valence electrons. The maximum absolute atomic E-state index is 5.30. The predicted molar refractivity (Wildman–Crippen MR) is 111 cm³/mol. The van der Waals surface area contributed by atoms with Gasteiger partial charge in [0.1, 0.15) is 22.9 Å². The van der Waals surface area contributed by atoms with Crippen molar-refractivity contribution in [1.82, 2.24) is 9.38 Å². The molecule has 0 amide bonds. The van der Waals surface area contributed by atoms with Crippen LogP contribution in [0.2, 0.25) is 0 Å². The van der Waals surface area contributed by atoms with E-state index in [2.05, 4.69) is 67.0 Å². The van der Waals surface area contributed by atoms with Crippen LogP contribution in [0.1, 0.15) is 16.7 Å². The van der Waals surface area contributed by atoms with Crippen LogP contribution in [0.5, 0.6) is 5.75 Å². The summed E-state index contributed by atoms with van der Waals surface area (Å²) in [7, 11) is 1.68. The molecule has 0 aliphatic carbocycles. The molecule has 4 rings (SSSR count). The van der Waals surface area contributed by atoms with Gasteiger partial charge in [-0.25, -0.2) is 4.98 Å². The third-order valence-electron chi connectivity index (χ3n) is 4.85. The number of para-hydroxylation sites is 1. The smallest absolute Gasteiger partial charge is 0.143 e. The Bertz CT molecular complexity index is 1090. The van der Waals surface area contributed by atoms with Crippen molar-refractivity contribution >= 4 is 17.2 Å². The van der Waals surface area contributed by atoms with Gasteiger partial charge in [-0.3, -0.25) is 4.40 Å². The average Bonchev–Trinajstić information content (AvgIpc) is 3.02. The largest absolute Gasteiger partial charge is 0.497 e. The third-order valence-corrected chi connectivity index (χ3v) is 4.85. The SMILES string of the molecule is COc1ccc(-c2nc3ccc(C)cn3c2Nc2c(C)cccc2C)cc1. The van der Waals surface area contributed by atoms with E-state index in [4.69, 9.17) is 9.72 Å². The Morgan fingerprint density at radius 2 is 1.59 bits per heavy atom. The summed E-state index contributed by atoms with van der Waals surface area (Å²) in [5.41, 5.74) is 7.61. The minimum atomic E-state index is 0.836. The van der Waals surface area contributed by atoms with Crippen LogP contribution in [-0.4, -0.2) is 16.5 Å². The van der Waals surface area contributed by atoms with Gasteiger partial charge in [0.15, 0.2) is 0 Å². The second-order valence-corrected chi connectivity index (χ2v) is 6.86. The zero-order valence-corrected chi connectivity index (χ0v) is 16.1. The minimum absolute atomic E-state index is 0.836. The highest BCUT2D eigenvalue weighted by Gasteiger charge is 2.16. The minimum Gasteiger partial charge on any atom is -0.497 e. The molecule has 27 heavy (non-hydrogen) atoms. The van der Waals surface area contributed by atoms with E-state index in [0.29, 0.717) is 0 Å². The van der Waals surface area contributed by atoms with Crippen LogP contribution in [0.25, 0.3) is 16.9 Å². The highest BCUT2D eigenvalue weighted by atomic mass is 16.5. The van der Waals surface area contributed by atoms with Crippen LogP contribution in [-0.2, 0) is 0 Å². The van der Waals surface area contributed by atoms with Crippen molar-refractivity contribution < 1.29 is 4.74 Å². The number of aryl methyl sites for hydroxylation is 3. The molecular formula is C23H23N3O. The lowest BCUT2D eigenvalue weighted by Crippen LogP contribution is -2.01. The number of benzene rings is 2. The first kappa shape index (κ1) is 17.2. The standard InChI is InChI=1S/C23H23N3O/c1-15-8-13-20-24-22(18-9-11-19(27-4)12-10-18)23(26(20)14-15)25-21-16(2)6-5-7-17(21)3/h5-14,25H,1-4H3. The number of rotatable bonds is 4. The third kappa shape index (κ3) is 3.14. The fourth-order valence-electron chi connectivity index (χ4n) is 3.35. The molecule has 1 N–H and O–H groups in total. The maximum Gasteiger partial charge on any atom is 0.143 e. The molecule has 2 aromatic heterocycles. The Morgan fingerprint density at radius 1 is 0.889 bits per heavy atom. The van der Waals surface area contributed by atoms with Crippen molar-refractivity contribution in [1.29, 1.82) is 0 Å². The topological polar surface area (TPSA) is 38.6 Å². The molecule has 0 radical (unpaired) electrons. The average molecular weight is 357 g/mol. The number of ether oxygens (including phenoxy) is 1. The number of nitrogens with one attached hydrogen (secondary N) is 1. The molecule has 0 aliphatic rings. The van der Waals surface area contributed by atoms with Crippen molar-refractivity contribution in [2.75, 3.05) is 12.4 Å². The first-order chi connectivity index (χ1) is 13.1. The van der Waals surface area contributed by atoms with Crippen LogP contribution < -0.4 is 10.1 Å². The molecule has 0 saturated heterocycles. The van der Waals surface area contributed by atoms with Gasteiger partial charge in [-0.1, -0.05) is 24.3 Å². The summed E-state index contributed by atoms with van der Waals surface area (Å²) in [5, 5.41) is 3.66. The van der Waals surface area contributed by atoms with Crippen LogP contribution in [0, 0.1) is 20.8 Å². The summed E-state index contributed by atoms with van der Waals surface area (Å²) < 4.78 is 7.42.